The van der Waals surface area contributed by atoms with Crippen molar-refractivity contribution in [2.24, 2.45) is 0 Å². The van der Waals surface area contributed by atoms with Crippen LogP contribution in [0.3, 0.4) is 0 Å². The molecule has 6 nitrogen and oxygen atoms in total. The molecule has 3 aromatic rings. The van der Waals surface area contributed by atoms with E-state index >= 15 is 0 Å². The van der Waals surface area contributed by atoms with Gasteiger partial charge in [0.1, 0.15) is 16.5 Å². The van der Waals surface area contributed by atoms with Crippen molar-refractivity contribution >= 4 is 58.0 Å². The molecule has 0 atom stereocenters. The number of carbonyl (C=O) groups excluding carboxylic acids is 3. The smallest absolute Gasteiger partial charge is 0.283 e. The average Bonchev–Trinajstić information content (AvgIpc) is 3.00. The number of para-hydroxylation sites is 1. The molecule has 0 aromatic heterocycles. The van der Waals surface area contributed by atoms with Crippen LogP contribution in [0.1, 0.15) is 15.9 Å². The Morgan fingerprint density at radius 3 is 2.42 bits per heavy atom. The van der Waals surface area contributed by atoms with E-state index in [-0.39, 0.29) is 22.0 Å². The summed E-state index contributed by atoms with van der Waals surface area (Å²) in [7, 11) is 0. The van der Waals surface area contributed by atoms with Crippen LogP contribution in [0.25, 0.3) is 0 Å². The van der Waals surface area contributed by atoms with Crippen molar-refractivity contribution in [2.75, 3.05) is 15.5 Å². The Labute approximate surface area is 198 Å². The summed E-state index contributed by atoms with van der Waals surface area (Å²) in [5.41, 5.74) is 1.33. The molecular formula is C24H16Cl2FN3O3. The Hall–Kier alpha value is -3.68. The molecule has 0 bridgehead atoms. The van der Waals surface area contributed by atoms with E-state index in [1.165, 1.54) is 30.3 Å². The molecule has 0 saturated carbocycles. The van der Waals surface area contributed by atoms with E-state index in [1.807, 2.05) is 0 Å². The van der Waals surface area contributed by atoms with Gasteiger partial charge in [-0.05, 0) is 55.0 Å². The second-order valence-corrected chi connectivity index (χ2v) is 7.94. The molecule has 0 radical (unpaired) electrons. The summed E-state index contributed by atoms with van der Waals surface area (Å²) < 4.78 is 13.8. The van der Waals surface area contributed by atoms with Gasteiger partial charge in [-0.25, -0.2) is 9.29 Å². The van der Waals surface area contributed by atoms with Gasteiger partial charge in [0.05, 0.1) is 11.4 Å². The molecule has 0 fully saturated rings. The van der Waals surface area contributed by atoms with Gasteiger partial charge >= 0.3 is 0 Å². The van der Waals surface area contributed by atoms with Crippen molar-refractivity contribution in [3.05, 3.63) is 99.4 Å². The van der Waals surface area contributed by atoms with Crippen LogP contribution in [0.15, 0.2) is 77.5 Å². The molecule has 0 spiro atoms. The second kappa shape index (κ2) is 9.05. The maximum absolute atomic E-state index is 13.8. The van der Waals surface area contributed by atoms with Gasteiger partial charge < -0.3 is 10.6 Å². The van der Waals surface area contributed by atoms with Gasteiger partial charge in [-0.1, -0.05) is 47.5 Å². The number of imide groups is 1. The van der Waals surface area contributed by atoms with E-state index in [2.05, 4.69) is 10.6 Å². The van der Waals surface area contributed by atoms with Crippen LogP contribution in [0, 0.1) is 12.7 Å². The van der Waals surface area contributed by atoms with Crippen LogP contribution in [-0.2, 0) is 9.59 Å². The van der Waals surface area contributed by atoms with Gasteiger partial charge in [0, 0.05) is 16.3 Å². The van der Waals surface area contributed by atoms with E-state index in [9.17, 15) is 18.8 Å². The molecule has 1 aliphatic heterocycles. The molecule has 2 N–H and O–H groups in total. The van der Waals surface area contributed by atoms with E-state index in [0.29, 0.717) is 22.0 Å². The highest BCUT2D eigenvalue weighted by Gasteiger charge is 2.39. The molecule has 0 saturated heterocycles. The number of rotatable bonds is 5. The lowest BCUT2D eigenvalue weighted by Gasteiger charge is -2.18. The Kier molecular flexibility index (Phi) is 6.18. The Morgan fingerprint density at radius 1 is 0.939 bits per heavy atom. The first-order valence-electron chi connectivity index (χ1n) is 9.74. The number of hydrogen-bond donors (Lipinski definition) is 2. The quantitative estimate of drug-likeness (QED) is 0.471. The first kappa shape index (κ1) is 22.5. The van der Waals surface area contributed by atoms with Gasteiger partial charge in [-0.2, -0.15) is 0 Å². The first-order chi connectivity index (χ1) is 15.8. The van der Waals surface area contributed by atoms with E-state index in [0.717, 1.165) is 4.90 Å². The lowest BCUT2D eigenvalue weighted by molar-refractivity contribution is -0.120. The molecular weight excluding hydrogens is 468 g/mol. The van der Waals surface area contributed by atoms with Crippen LogP contribution in [-0.4, -0.2) is 17.7 Å². The van der Waals surface area contributed by atoms with E-state index in [4.69, 9.17) is 23.2 Å². The van der Waals surface area contributed by atoms with Gasteiger partial charge in [-0.3, -0.25) is 14.4 Å². The lowest BCUT2D eigenvalue weighted by atomic mass is 10.1. The van der Waals surface area contributed by atoms with Crippen molar-refractivity contribution in [3.8, 4) is 0 Å². The number of nitrogens with one attached hydrogen (secondary N) is 2. The van der Waals surface area contributed by atoms with Crippen LogP contribution < -0.4 is 15.5 Å². The molecule has 0 unspecified atom stereocenters. The minimum absolute atomic E-state index is 0.0377. The molecule has 1 heterocycles. The molecule has 3 aromatic carbocycles. The minimum atomic E-state index is -0.692. The zero-order chi connectivity index (χ0) is 23.7. The van der Waals surface area contributed by atoms with E-state index in [1.54, 1.807) is 43.3 Å². The number of nitrogens with zero attached hydrogens (tertiary/aromatic N) is 1. The third-order valence-corrected chi connectivity index (χ3v) is 5.78. The highest BCUT2D eigenvalue weighted by Crippen LogP contribution is 2.34. The zero-order valence-electron chi connectivity index (χ0n) is 17.2. The summed E-state index contributed by atoms with van der Waals surface area (Å²) >= 11 is 12.3. The van der Waals surface area contributed by atoms with Crippen molar-refractivity contribution in [1.82, 2.24) is 0 Å². The molecule has 0 aliphatic carbocycles. The van der Waals surface area contributed by atoms with Crippen molar-refractivity contribution in [3.63, 3.8) is 0 Å². The summed E-state index contributed by atoms with van der Waals surface area (Å²) in [6.07, 6.45) is 0. The molecule has 166 valence electrons. The largest absolute Gasteiger partial charge is 0.350 e. The van der Waals surface area contributed by atoms with E-state index < -0.39 is 23.5 Å². The van der Waals surface area contributed by atoms with Crippen LogP contribution in [0.2, 0.25) is 5.02 Å². The Bertz CT molecular complexity index is 1340. The first-order valence-corrected chi connectivity index (χ1v) is 10.5. The van der Waals surface area contributed by atoms with Gasteiger partial charge in [0.2, 0.25) is 0 Å². The SMILES string of the molecule is Cc1c(Cl)cccc1N1C(=O)C(Cl)=C(Nc2cccc(C(=O)Nc3ccccc3F)c2)C1=O. The third kappa shape index (κ3) is 4.33. The van der Waals surface area contributed by atoms with Crippen LogP contribution in [0.4, 0.5) is 21.5 Å². The van der Waals surface area contributed by atoms with Crippen molar-refractivity contribution in [1.29, 1.82) is 0 Å². The van der Waals surface area contributed by atoms with Crippen LogP contribution >= 0.6 is 23.2 Å². The number of amides is 3. The van der Waals surface area contributed by atoms with Gasteiger partial charge in [0.15, 0.2) is 0 Å². The fourth-order valence-electron chi connectivity index (χ4n) is 3.31. The Balaban J connectivity index is 1.57. The standard InChI is InChI=1S/C24H16Cl2FN3O3/c1-13-16(25)8-5-11-19(13)30-23(32)20(26)21(24(30)33)28-15-7-4-6-14(12-15)22(31)29-18-10-3-2-9-17(18)27/h2-12,28H,1H3,(H,29,31). The molecule has 9 heteroatoms. The minimum Gasteiger partial charge on any atom is -0.350 e. The van der Waals surface area contributed by atoms with Gasteiger partial charge in [-0.15, -0.1) is 0 Å². The number of carbonyl (C=O) groups is 3. The maximum Gasteiger partial charge on any atom is 0.283 e. The normalized spacial score (nSPS) is 13.5. The highest BCUT2D eigenvalue weighted by atomic mass is 35.5. The summed E-state index contributed by atoms with van der Waals surface area (Å²) in [5, 5.41) is 5.43. The molecule has 33 heavy (non-hydrogen) atoms. The number of anilines is 3. The highest BCUT2D eigenvalue weighted by molar-refractivity contribution is 6.53. The number of halogens is 3. The predicted octanol–water partition coefficient (Wildman–Crippen LogP) is 5.48. The summed E-state index contributed by atoms with van der Waals surface area (Å²) in [6.45, 7) is 1.69. The molecule has 3 amide bonds. The monoisotopic (exact) mass is 483 g/mol. The summed E-state index contributed by atoms with van der Waals surface area (Å²) in [4.78, 5) is 39.3. The fraction of sp³-hybridized carbons (Fsp3) is 0.0417. The lowest BCUT2D eigenvalue weighted by Crippen LogP contribution is -2.32. The topological polar surface area (TPSA) is 78.5 Å². The number of benzene rings is 3. The summed E-state index contributed by atoms with van der Waals surface area (Å²) in [6, 6.07) is 16.8. The maximum atomic E-state index is 13.8. The fourth-order valence-corrected chi connectivity index (χ4v) is 3.69. The van der Waals surface area contributed by atoms with Crippen molar-refractivity contribution in [2.45, 2.75) is 6.92 Å². The number of hydrogen-bond acceptors (Lipinski definition) is 4. The second-order valence-electron chi connectivity index (χ2n) is 7.16. The average molecular weight is 484 g/mol. The summed E-state index contributed by atoms with van der Waals surface area (Å²) in [5.74, 6) is -2.46. The zero-order valence-corrected chi connectivity index (χ0v) is 18.7. The molecule has 4 rings (SSSR count). The molecule has 1 aliphatic rings. The Morgan fingerprint density at radius 2 is 1.67 bits per heavy atom. The third-order valence-electron chi connectivity index (χ3n) is 5.02. The predicted molar refractivity (Wildman–Crippen MR) is 126 cm³/mol. The van der Waals surface area contributed by atoms with Crippen molar-refractivity contribution < 1.29 is 18.8 Å². The van der Waals surface area contributed by atoms with Crippen LogP contribution in [0.5, 0.6) is 0 Å². The van der Waals surface area contributed by atoms with Gasteiger partial charge in [0.25, 0.3) is 17.7 Å².